The summed E-state index contributed by atoms with van der Waals surface area (Å²) in [5.41, 5.74) is 2.96. The molecule has 0 saturated carbocycles. The summed E-state index contributed by atoms with van der Waals surface area (Å²) >= 11 is 0. The van der Waals surface area contributed by atoms with E-state index in [4.69, 9.17) is 19.2 Å². The van der Waals surface area contributed by atoms with Gasteiger partial charge in [-0.25, -0.2) is 4.98 Å². The van der Waals surface area contributed by atoms with Crippen molar-refractivity contribution >= 4 is 28.3 Å². The molecule has 1 atom stereocenters. The minimum atomic E-state index is -0.235. The van der Waals surface area contributed by atoms with Crippen molar-refractivity contribution in [2.45, 2.75) is 13.0 Å². The third kappa shape index (κ3) is 4.32. The van der Waals surface area contributed by atoms with Gasteiger partial charge in [-0.15, -0.1) is 0 Å². The van der Waals surface area contributed by atoms with Crippen LogP contribution in [0.2, 0.25) is 0 Å². The number of nitrogens with one attached hydrogen (secondary N) is 2. The Kier molecular flexibility index (Phi) is 5.91. The molecule has 0 radical (unpaired) electrons. The smallest absolute Gasteiger partial charge is 0.252 e. The highest BCUT2D eigenvalue weighted by molar-refractivity contribution is 6.07. The number of ether oxygens (including phenoxy) is 3. The number of aromatic nitrogens is 1. The summed E-state index contributed by atoms with van der Waals surface area (Å²) in [4.78, 5) is 18.1. The van der Waals surface area contributed by atoms with Gasteiger partial charge in [0.25, 0.3) is 5.91 Å². The van der Waals surface area contributed by atoms with Crippen LogP contribution >= 0.6 is 0 Å². The molecule has 0 aliphatic carbocycles. The second-order valence-corrected chi connectivity index (χ2v) is 8.00. The summed E-state index contributed by atoms with van der Waals surface area (Å²) in [6.45, 7) is 3.00. The van der Waals surface area contributed by atoms with Crippen LogP contribution in [0, 0.1) is 0 Å². The van der Waals surface area contributed by atoms with Crippen LogP contribution in [0.15, 0.2) is 72.8 Å². The minimum Gasteiger partial charge on any atom is -0.495 e. The first-order valence-electron chi connectivity index (χ1n) is 11.1. The molecule has 172 valence electrons. The lowest BCUT2D eigenvalue weighted by Crippen LogP contribution is -2.27. The van der Waals surface area contributed by atoms with E-state index in [9.17, 15) is 4.79 Å². The van der Waals surface area contributed by atoms with Crippen LogP contribution in [0.25, 0.3) is 10.9 Å². The zero-order valence-corrected chi connectivity index (χ0v) is 19.0. The van der Waals surface area contributed by atoms with Crippen molar-refractivity contribution in [1.82, 2.24) is 10.3 Å². The molecular formula is C27H25N3O4. The summed E-state index contributed by atoms with van der Waals surface area (Å²) in [6.07, 6.45) is 0. The molecule has 34 heavy (non-hydrogen) atoms. The van der Waals surface area contributed by atoms with Crippen LogP contribution in [0.4, 0.5) is 11.5 Å². The van der Waals surface area contributed by atoms with Gasteiger partial charge in [0.2, 0.25) is 0 Å². The van der Waals surface area contributed by atoms with Crippen molar-refractivity contribution in [1.29, 1.82) is 0 Å². The summed E-state index contributed by atoms with van der Waals surface area (Å²) in [5.74, 6) is 2.48. The fraction of sp³-hybridized carbons (Fsp3) is 0.185. The van der Waals surface area contributed by atoms with Gasteiger partial charge in [0.1, 0.15) is 24.8 Å². The molecule has 2 heterocycles. The Morgan fingerprint density at radius 1 is 0.971 bits per heavy atom. The summed E-state index contributed by atoms with van der Waals surface area (Å²) in [6, 6.07) is 22.4. The van der Waals surface area contributed by atoms with Crippen LogP contribution in [0.3, 0.4) is 0 Å². The Morgan fingerprint density at radius 2 is 1.74 bits per heavy atom. The Hall–Kier alpha value is -4.26. The first kappa shape index (κ1) is 21.6. The topological polar surface area (TPSA) is 81.7 Å². The molecule has 0 saturated heterocycles. The predicted molar refractivity (Wildman–Crippen MR) is 131 cm³/mol. The number of anilines is 2. The minimum absolute atomic E-state index is 0.191. The first-order valence-corrected chi connectivity index (χ1v) is 11.1. The Balaban J connectivity index is 1.44. The molecule has 1 aromatic heterocycles. The number of hydrogen-bond acceptors (Lipinski definition) is 6. The van der Waals surface area contributed by atoms with Crippen LogP contribution in [0.5, 0.6) is 17.2 Å². The highest BCUT2D eigenvalue weighted by atomic mass is 16.6. The lowest BCUT2D eigenvalue weighted by atomic mass is 10.0. The number of fused-ring (bicyclic) bond motifs is 2. The standard InChI is InChI=1S/C27H25N3O4/c1-17(18-11-12-24-25(15-18)34-14-13-33-24)28-27(31)20-16-26(29-21-8-4-3-7-19(20)21)30-22-9-5-6-10-23(22)32-2/h3-12,15-17H,13-14H2,1-2H3,(H,28,31)(H,29,30). The van der Waals surface area contributed by atoms with Crippen molar-refractivity contribution in [3.05, 3.63) is 83.9 Å². The van der Waals surface area contributed by atoms with E-state index in [0.29, 0.717) is 36.1 Å². The van der Waals surface area contributed by atoms with Gasteiger partial charge in [0.05, 0.1) is 29.9 Å². The summed E-state index contributed by atoms with van der Waals surface area (Å²) in [5, 5.41) is 7.17. The highest BCUT2D eigenvalue weighted by Crippen LogP contribution is 2.33. The van der Waals surface area contributed by atoms with E-state index in [1.54, 1.807) is 13.2 Å². The van der Waals surface area contributed by atoms with E-state index in [0.717, 1.165) is 27.9 Å². The van der Waals surface area contributed by atoms with Crippen molar-refractivity contribution in [3.8, 4) is 17.2 Å². The Bertz CT molecular complexity index is 1360. The van der Waals surface area contributed by atoms with Crippen molar-refractivity contribution in [3.63, 3.8) is 0 Å². The molecule has 4 aromatic rings. The van der Waals surface area contributed by atoms with E-state index in [1.807, 2.05) is 73.7 Å². The SMILES string of the molecule is COc1ccccc1Nc1cc(C(=O)NC(C)c2ccc3c(c2)OCCO3)c2ccccc2n1. The number of carbonyl (C=O) groups is 1. The van der Waals surface area contributed by atoms with Gasteiger partial charge in [-0.1, -0.05) is 36.4 Å². The monoisotopic (exact) mass is 455 g/mol. The molecule has 0 spiro atoms. The van der Waals surface area contributed by atoms with E-state index in [2.05, 4.69) is 10.6 Å². The average Bonchev–Trinajstić information content (AvgIpc) is 2.88. The van der Waals surface area contributed by atoms with Gasteiger partial charge in [0.15, 0.2) is 11.5 Å². The van der Waals surface area contributed by atoms with Crippen molar-refractivity contribution in [2.24, 2.45) is 0 Å². The van der Waals surface area contributed by atoms with Crippen molar-refractivity contribution < 1.29 is 19.0 Å². The van der Waals surface area contributed by atoms with E-state index in [-0.39, 0.29) is 11.9 Å². The number of rotatable bonds is 6. The maximum atomic E-state index is 13.4. The fourth-order valence-electron chi connectivity index (χ4n) is 4.00. The van der Waals surface area contributed by atoms with Gasteiger partial charge < -0.3 is 24.8 Å². The van der Waals surface area contributed by atoms with E-state index >= 15 is 0 Å². The normalized spacial score (nSPS) is 13.2. The van der Waals surface area contributed by atoms with Crippen LogP contribution < -0.4 is 24.8 Å². The summed E-state index contributed by atoms with van der Waals surface area (Å²) < 4.78 is 16.7. The number of benzene rings is 3. The highest BCUT2D eigenvalue weighted by Gasteiger charge is 2.19. The molecule has 2 N–H and O–H groups in total. The van der Waals surface area contributed by atoms with Crippen LogP contribution in [0.1, 0.15) is 28.9 Å². The van der Waals surface area contributed by atoms with E-state index in [1.165, 1.54) is 0 Å². The first-order chi connectivity index (χ1) is 16.6. The molecule has 3 aromatic carbocycles. The molecule has 7 heteroatoms. The Labute approximate surface area is 197 Å². The number of amides is 1. The lowest BCUT2D eigenvalue weighted by Gasteiger charge is -2.21. The van der Waals surface area contributed by atoms with Crippen LogP contribution in [-0.4, -0.2) is 31.2 Å². The van der Waals surface area contributed by atoms with E-state index < -0.39 is 0 Å². The summed E-state index contributed by atoms with van der Waals surface area (Å²) in [7, 11) is 1.62. The quantitative estimate of drug-likeness (QED) is 0.413. The lowest BCUT2D eigenvalue weighted by molar-refractivity contribution is 0.0941. The second-order valence-electron chi connectivity index (χ2n) is 8.00. The number of carbonyl (C=O) groups excluding carboxylic acids is 1. The number of nitrogens with zero attached hydrogens (tertiary/aromatic N) is 1. The van der Waals surface area contributed by atoms with Gasteiger partial charge in [-0.3, -0.25) is 4.79 Å². The molecule has 1 aliphatic rings. The number of para-hydroxylation sites is 3. The third-order valence-corrected chi connectivity index (χ3v) is 5.74. The maximum Gasteiger partial charge on any atom is 0.252 e. The predicted octanol–water partition coefficient (Wildman–Crippen LogP) is 5.25. The van der Waals surface area contributed by atoms with Gasteiger partial charge >= 0.3 is 0 Å². The molecule has 0 bridgehead atoms. The maximum absolute atomic E-state index is 13.4. The van der Waals surface area contributed by atoms with Gasteiger partial charge in [-0.2, -0.15) is 0 Å². The molecular weight excluding hydrogens is 430 g/mol. The van der Waals surface area contributed by atoms with Gasteiger partial charge in [0, 0.05) is 5.39 Å². The largest absolute Gasteiger partial charge is 0.495 e. The van der Waals surface area contributed by atoms with Gasteiger partial charge in [-0.05, 0) is 48.9 Å². The third-order valence-electron chi connectivity index (χ3n) is 5.74. The van der Waals surface area contributed by atoms with Crippen molar-refractivity contribution in [2.75, 3.05) is 25.6 Å². The molecule has 0 fully saturated rings. The average molecular weight is 456 g/mol. The molecule has 1 aliphatic heterocycles. The number of hydrogen-bond donors (Lipinski definition) is 2. The molecule has 5 rings (SSSR count). The second kappa shape index (κ2) is 9.31. The van der Waals surface area contributed by atoms with Crippen LogP contribution in [-0.2, 0) is 0 Å². The molecule has 1 amide bonds. The zero-order chi connectivity index (χ0) is 23.5. The number of methoxy groups -OCH3 is 1. The molecule has 1 unspecified atom stereocenters. The molecule has 7 nitrogen and oxygen atoms in total. The fourth-order valence-corrected chi connectivity index (χ4v) is 4.00. The zero-order valence-electron chi connectivity index (χ0n) is 19.0. The number of pyridine rings is 1. The Morgan fingerprint density at radius 3 is 2.59 bits per heavy atom.